The SMILES string of the molecule is C=CCCC(=O)NC[C@H](C)OC(=O)[C@@H]1[C@H]2O[C@@]3(CC2Br)[C@H](C(=O)N(CC=C)Cn2nnc4ccccc42)N([C@@H](CO)C(C)C)C(=O)[C@@H]13. The van der Waals surface area contributed by atoms with E-state index >= 15 is 0 Å². The topological polar surface area (TPSA) is 156 Å². The number of rotatable bonds is 15. The Kier molecular flexibility index (Phi) is 10.5. The number of para-hydroxylation sites is 1. The zero-order chi connectivity index (χ0) is 34.0. The molecule has 1 spiro atoms. The predicted octanol–water partition coefficient (Wildman–Crippen LogP) is 2.18. The monoisotopic (exact) mass is 714 g/mol. The highest BCUT2D eigenvalue weighted by atomic mass is 79.9. The van der Waals surface area contributed by atoms with Crippen LogP contribution in [0.5, 0.6) is 0 Å². The van der Waals surface area contributed by atoms with E-state index in [1.165, 1.54) is 9.80 Å². The highest BCUT2D eigenvalue weighted by Gasteiger charge is 2.77. The Hall–Kier alpha value is -3.62. The van der Waals surface area contributed by atoms with Gasteiger partial charge in [-0.2, -0.15) is 0 Å². The fourth-order valence-electron chi connectivity index (χ4n) is 7.22. The number of amides is 3. The van der Waals surface area contributed by atoms with Crippen LogP contribution in [0.4, 0.5) is 0 Å². The Labute approximate surface area is 282 Å². The number of nitrogens with one attached hydrogen (secondary N) is 1. The van der Waals surface area contributed by atoms with E-state index in [4.69, 9.17) is 9.47 Å². The molecule has 0 saturated carbocycles. The molecule has 3 fully saturated rings. The van der Waals surface area contributed by atoms with Gasteiger partial charge in [-0.1, -0.05) is 59.3 Å². The number of esters is 1. The molecule has 2 N–H and O–H groups in total. The summed E-state index contributed by atoms with van der Waals surface area (Å²) in [7, 11) is 0. The lowest BCUT2D eigenvalue weighted by molar-refractivity contribution is -0.160. The quantitative estimate of drug-likeness (QED) is 0.160. The highest BCUT2D eigenvalue weighted by Crippen LogP contribution is 2.61. The van der Waals surface area contributed by atoms with Crippen molar-refractivity contribution in [2.45, 2.75) is 81.4 Å². The first-order chi connectivity index (χ1) is 22.5. The number of fused-ring (bicyclic) bond motifs is 2. The molecule has 0 radical (unpaired) electrons. The number of hydrogen-bond donors (Lipinski definition) is 2. The van der Waals surface area contributed by atoms with Crippen LogP contribution in [-0.2, 0) is 35.3 Å². The summed E-state index contributed by atoms with van der Waals surface area (Å²) >= 11 is 3.68. The third kappa shape index (κ3) is 6.34. The number of benzene rings is 1. The summed E-state index contributed by atoms with van der Waals surface area (Å²) in [5.74, 6) is -3.90. The first-order valence-corrected chi connectivity index (χ1v) is 16.9. The fourth-order valence-corrected chi connectivity index (χ4v) is 8.16. The van der Waals surface area contributed by atoms with Crippen molar-refractivity contribution >= 4 is 50.7 Å². The van der Waals surface area contributed by atoms with E-state index in [0.717, 1.165) is 5.52 Å². The Bertz CT molecular complexity index is 1530. The zero-order valence-electron chi connectivity index (χ0n) is 27.0. The van der Waals surface area contributed by atoms with Crippen molar-refractivity contribution in [3.8, 4) is 0 Å². The molecule has 0 aliphatic carbocycles. The molecule has 2 aromatic rings. The fraction of sp³-hybridized carbons (Fsp3) is 0.576. The van der Waals surface area contributed by atoms with Gasteiger partial charge in [-0.25, -0.2) is 4.68 Å². The molecule has 1 aromatic heterocycles. The normalized spacial score (nSPS) is 27.5. The average molecular weight is 716 g/mol. The number of halogens is 1. The van der Waals surface area contributed by atoms with Crippen LogP contribution in [-0.4, -0.2) is 108 Å². The Morgan fingerprint density at radius 3 is 2.68 bits per heavy atom. The Morgan fingerprint density at radius 2 is 2.00 bits per heavy atom. The van der Waals surface area contributed by atoms with Gasteiger partial charge in [-0.3, -0.25) is 19.2 Å². The summed E-state index contributed by atoms with van der Waals surface area (Å²) in [6.45, 7) is 12.7. The molecule has 47 heavy (non-hydrogen) atoms. The minimum absolute atomic E-state index is 0.0266. The number of aliphatic hydroxyl groups is 1. The van der Waals surface area contributed by atoms with Gasteiger partial charge in [0.2, 0.25) is 17.7 Å². The smallest absolute Gasteiger partial charge is 0.312 e. The Balaban J connectivity index is 1.47. The van der Waals surface area contributed by atoms with Crippen LogP contribution >= 0.6 is 15.9 Å². The molecule has 4 heterocycles. The average Bonchev–Trinajstić information content (AvgIpc) is 3.76. The number of aromatic nitrogens is 3. The molecule has 3 saturated heterocycles. The van der Waals surface area contributed by atoms with E-state index in [9.17, 15) is 24.3 Å². The van der Waals surface area contributed by atoms with Crippen molar-refractivity contribution in [3.05, 3.63) is 49.6 Å². The molecule has 3 aliphatic heterocycles. The van der Waals surface area contributed by atoms with Crippen LogP contribution in [0.25, 0.3) is 11.0 Å². The van der Waals surface area contributed by atoms with Crippen LogP contribution in [0, 0.1) is 17.8 Å². The molecule has 14 heteroatoms. The van der Waals surface area contributed by atoms with Crippen LogP contribution < -0.4 is 5.32 Å². The van der Waals surface area contributed by atoms with Crippen molar-refractivity contribution in [2.24, 2.45) is 17.8 Å². The van der Waals surface area contributed by atoms with Gasteiger partial charge in [0.1, 0.15) is 29.9 Å². The van der Waals surface area contributed by atoms with Crippen LogP contribution in [0.2, 0.25) is 0 Å². The lowest BCUT2D eigenvalue weighted by atomic mass is 9.70. The molecule has 1 unspecified atom stereocenters. The van der Waals surface area contributed by atoms with E-state index in [1.807, 2.05) is 38.1 Å². The van der Waals surface area contributed by atoms with E-state index < -0.39 is 59.5 Å². The third-order valence-electron chi connectivity index (χ3n) is 9.41. The molecule has 3 aliphatic rings. The molecule has 3 amide bonds. The number of alkyl halides is 1. The molecular weight excluding hydrogens is 672 g/mol. The van der Waals surface area contributed by atoms with E-state index in [2.05, 4.69) is 44.7 Å². The summed E-state index contributed by atoms with van der Waals surface area (Å²) in [4.78, 5) is 57.9. The molecule has 2 bridgehead atoms. The van der Waals surface area contributed by atoms with E-state index in [1.54, 1.807) is 23.8 Å². The number of carbonyl (C=O) groups excluding carboxylic acids is 4. The Morgan fingerprint density at radius 1 is 1.26 bits per heavy atom. The zero-order valence-corrected chi connectivity index (χ0v) is 28.5. The number of aliphatic hydroxyl groups excluding tert-OH is 1. The van der Waals surface area contributed by atoms with Gasteiger partial charge in [0.15, 0.2) is 0 Å². The number of likely N-dealkylation sites (tertiary alicyclic amines) is 1. The van der Waals surface area contributed by atoms with Gasteiger partial charge in [0.25, 0.3) is 0 Å². The van der Waals surface area contributed by atoms with E-state index in [-0.39, 0.29) is 49.4 Å². The standard InChI is InChI=1S/C33H43BrN6O7/c1-6-8-13-25(42)35-16-20(5)46-32(45)26-27-30(43)40(24(17-41)19(3)4)29(33(27)15-21(34)28(26)47-33)31(44)38(14-7-2)18-39-23-12-10-9-11-22(23)36-37-39/h6-7,9-12,19-21,24,26-29,41H,1-2,8,13-18H2,3-5H3,(H,35,42)/t20-,21?,24-,26-,27+,28-,29-,33+/m0/s1. The summed E-state index contributed by atoms with van der Waals surface area (Å²) in [6.07, 6.45) is 2.95. The summed E-state index contributed by atoms with van der Waals surface area (Å²) in [6, 6.07) is 5.53. The van der Waals surface area contributed by atoms with E-state index in [0.29, 0.717) is 18.4 Å². The van der Waals surface area contributed by atoms with Gasteiger partial charge in [-0.05, 0) is 37.8 Å². The summed E-state index contributed by atoms with van der Waals surface area (Å²) in [5.41, 5.74) is 0.0414. The van der Waals surface area contributed by atoms with Crippen molar-refractivity contribution in [1.29, 1.82) is 0 Å². The first kappa shape index (κ1) is 34.7. The predicted molar refractivity (Wildman–Crippen MR) is 176 cm³/mol. The highest BCUT2D eigenvalue weighted by molar-refractivity contribution is 9.09. The minimum Gasteiger partial charge on any atom is -0.460 e. The number of hydrogen-bond acceptors (Lipinski definition) is 9. The lowest BCUT2D eigenvalue weighted by Crippen LogP contribution is -2.60. The largest absolute Gasteiger partial charge is 0.460 e. The second-order valence-electron chi connectivity index (χ2n) is 12.9. The molecule has 8 atom stereocenters. The lowest BCUT2D eigenvalue weighted by Gasteiger charge is -2.40. The summed E-state index contributed by atoms with van der Waals surface area (Å²) < 4.78 is 14.0. The van der Waals surface area contributed by atoms with Gasteiger partial charge < -0.3 is 29.7 Å². The van der Waals surface area contributed by atoms with Crippen molar-refractivity contribution < 1.29 is 33.8 Å². The summed E-state index contributed by atoms with van der Waals surface area (Å²) in [5, 5.41) is 21.8. The maximum Gasteiger partial charge on any atom is 0.312 e. The maximum atomic E-state index is 14.8. The number of ether oxygens (including phenoxy) is 2. The second kappa shape index (κ2) is 14.2. The minimum atomic E-state index is -1.36. The van der Waals surface area contributed by atoms with Crippen molar-refractivity contribution in [1.82, 2.24) is 30.1 Å². The second-order valence-corrected chi connectivity index (χ2v) is 14.0. The first-order valence-electron chi connectivity index (χ1n) is 16.0. The third-order valence-corrected chi connectivity index (χ3v) is 10.3. The van der Waals surface area contributed by atoms with Crippen molar-refractivity contribution in [2.75, 3.05) is 19.7 Å². The van der Waals surface area contributed by atoms with Crippen LogP contribution in [0.15, 0.2) is 49.6 Å². The maximum absolute atomic E-state index is 14.8. The molecular formula is C33H43BrN6O7. The van der Waals surface area contributed by atoms with Crippen LogP contribution in [0.3, 0.4) is 0 Å². The number of nitrogens with zero attached hydrogens (tertiary/aromatic N) is 5. The number of carbonyl (C=O) groups is 4. The molecule has 254 valence electrons. The number of allylic oxidation sites excluding steroid dienone is 1. The van der Waals surface area contributed by atoms with Crippen LogP contribution in [0.1, 0.15) is 40.0 Å². The molecule has 1 aromatic carbocycles. The van der Waals surface area contributed by atoms with Gasteiger partial charge >= 0.3 is 5.97 Å². The molecule has 5 rings (SSSR count). The van der Waals surface area contributed by atoms with Crippen molar-refractivity contribution in [3.63, 3.8) is 0 Å². The van der Waals surface area contributed by atoms with Gasteiger partial charge in [0.05, 0.1) is 42.6 Å². The van der Waals surface area contributed by atoms with Gasteiger partial charge in [0, 0.05) is 17.8 Å². The molecule has 13 nitrogen and oxygen atoms in total. The van der Waals surface area contributed by atoms with Gasteiger partial charge in [-0.15, -0.1) is 18.3 Å².